The van der Waals surface area contributed by atoms with Crippen LogP contribution in [0, 0.1) is 28.6 Å². The first-order valence-electron chi connectivity index (χ1n) is 10.8. The zero-order valence-corrected chi connectivity index (χ0v) is 16.3. The minimum atomic E-state index is -0.0961. The lowest BCUT2D eigenvalue weighted by atomic mass is 9.47. The van der Waals surface area contributed by atoms with Crippen LogP contribution in [0.2, 0.25) is 0 Å². The Morgan fingerprint density at radius 2 is 1.96 bits per heavy atom. The van der Waals surface area contributed by atoms with Crippen LogP contribution in [0.25, 0.3) is 0 Å². The molecule has 4 aliphatic carbocycles. The number of aromatic nitrogens is 1. The fourth-order valence-corrected chi connectivity index (χ4v) is 7.77. The number of hydrogen-bond donors (Lipinski definition) is 1. The second kappa shape index (κ2) is 5.92. The van der Waals surface area contributed by atoms with Crippen molar-refractivity contribution in [1.82, 2.24) is 4.98 Å². The molecular formula is C24H33NO. The fraction of sp³-hybridized carbons (Fsp3) is 0.708. The number of allylic oxidation sites excluding steroid dienone is 1. The molecule has 1 N–H and O–H groups in total. The summed E-state index contributed by atoms with van der Waals surface area (Å²) in [6.45, 7) is 5.11. The molecule has 0 aromatic carbocycles. The number of fused-ring (bicyclic) bond motifs is 5. The van der Waals surface area contributed by atoms with E-state index in [2.05, 4.69) is 43.2 Å². The highest BCUT2D eigenvalue weighted by molar-refractivity contribution is 5.28. The molecule has 0 radical (unpaired) electrons. The molecular weight excluding hydrogens is 318 g/mol. The van der Waals surface area contributed by atoms with E-state index in [-0.39, 0.29) is 6.10 Å². The van der Waals surface area contributed by atoms with Gasteiger partial charge >= 0.3 is 0 Å². The zero-order chi connectivity index (χ0) is 17.9. The van der Waals surface area contributed by atoms with Gasteiger partial charge in [0.25, 0.3) is 0 Å². The third-order valence-electron chi connectivity index (χ3n) is 9.16. The van der Waals surface area contributed by atoms with Gasteiger partial charge in [0, 0.05) is 12.4 Å². The van der Waals surface area contributed by atoms with Crippen LogP contribution in [0.4, 0.5) is 0 Å². The van der Waals surface area contributed by atoms with Crippen molar-refractivity contribution in [2.45, 2.75) is 77.2 Å². The van der Waals surface area contributed by atoms with E-state index in [0.717, 1.165) is 30.6 Å². The molecule has 0 spiro atoms. The molecule has 0 aliphatic heterocycles. The fourth-order valence-electron chi connectivity index (χ4n) is 7.77. The maximum absolute atomic E-state index is 10.2. The quantitative estimate of drug-likeness (QED) is 0.679. The first-order valence-corrected chi connectivity index (χ1v) is 10.8. The van der Waals surface area contributed by atoms with Gasteiger partial charge in [-0.1, -0.05) is 31.6 Å². The molecule has 2 heteroatoms. The lowest BCUT2D eigenvalue weighted by Crippen LogP contribution is -2.50. The van der Waals surface area contributed by atoms with Gasteiger partial charge in [0.1, 0.15) is 0 Å². The molecule has 7 atom stereocenters. The number of nitrogens with zero attached hydrogens (tertiary/aromatic N) is 1. The Kier molecular flexibility index (Phi) is 3.87. The molecule has 5 rings (SSSR count). The summed E-state index contributed by atoms with van der Waals surface area (Å²) in [5, 5.41) is 10.2. The van der Waals surface area contributed by atoms with Crippen molar-refractivity contribution < 1.29 is 5.11 Å². The maximum Gasteiger partial charge on any atom is 0.0577 e. The lowest BCUT2D eigenvalue weighted by molar-refractivity contribution is -0.0409. The summed E-state index contributed by atoms with van der Waals surface area (Å²) in [7, 11) is 0. The molecule has 1 aromatic rings. The standard InChI is InChI=1S/C24H33NO/c1-23-11-9-18(26)14-17(23)5-6-19-21-8-7-20(16-4-3-13-25-15-16)24(21,2)12-10-22(19)23/h3-5,13,15,18-22,26H,6-12,14H2,1-2H3/t18-,19-,20?,21-,22-,23-,24+/m0/s1. The third-order valence-corrected chi connectivity index (χ3v) is 9.16. The Morgan fingerprint density at radius 3 is 2.77 bits per heavy atom. The van der Waals surface area contributed by atoms with Gasteiger partial charge in [0.2, 0.25) is 0 Å². The highest BCUT2D eigenvalue weighted by atomic mass is 16.3. The second-order valence-electron chi connectivity index (χ2n) is 10.1. The van der Waals surface area contributed by atoms with Gasteiger partial charge in [-0.15, -0.1) is 0 Å². The Morgan fingerprint density at radius 1 is 1.08 bits per heavy atom. The molecule has 2 nitrogen and oxygen atoms in total. The van der Waals surface area contributed by atoms with Gasteiger partial charge in [0.05, 0.1) is 6.10 Å². The maximum atomic E-state index is 10.2. The molecule has 0 bridgehead atoms. The number of aliphatic hydroxyl groups excluding tert-OH is 1. The van der Waals surface area contributed by atoms with Crippen LogP contribution in [0.1, 0.15) is 76.7 Å². The molecule has 140 valence electrons. The Hall–Kier alpha value is -1.15. The zero-order valence-electron chi connectivity index (χ0n) is 16.3. The van der Waals surface area contributed by atoms with E-state index in [1.165, 1.54) is 44.1 Å². The van der Waals surface area contributed by atoms with Crippen LogP contribution < -0.4 is 0 Å². The smallest absolute Gasteiger partial charge is 0.0577 e. The van der Waals surface area contributed by atoms with E-state index in [9.17, 15) is 5.11 Å². The molecule has 3 fully saturated rings. The van der Waals surface area contributed by atoms with Crippen molar-refractivity contribution in [2.75, 3.05) is 0 Å². The predicted octanol–water partition coefficient (Wildman–Crippen LogP) is 5.49. The Balaban J connectivity index is 1.47. The van der Waals surface area contributed by atoms with E-state index >= 15 is 0 Å². The summed E-state index contributed by atoms with van der Waals surface area (Å²) in [4.78, 5) is 4.42. The minimum Gasteiger partial charge on any atom is -0.393 e. The minimum absolute atomic E-state index is 0.0961. The van der Waals surface area contributed by atoms with Crippen molar-refractivity contribution in [2.24, 2.45) is 28.6 Å². The van der Waals surface area contributed by atoms with Crippen molar-refractivity contribution in [3.05, 3.63) is 41.7 Å². The van der Waals surface area contributed by atoms with Gasteiger partial charge in [-0.25, -0.2) is 0 Å². The molecule has 1 aromatic heterocycles. The van der Waals surface area contributed by atoms with Crippen LogP contribution in [0.5, 0.6) is 0 Å². The first kappa shape index (κ1) is 17.0. The summed E-state index contributed by atoms with van der Waals surface area (Å²) in [6.07, 6.45) is 16.3. The van der Waals surface area contributed by atoms with E-state index in [4.69, 9.17) is 0 Å². The van der Waals surface area contributed by atoms with Crippen LogP contribution in [-0.4, -0.2) is 16.2 Å². The van der Waals surface area contributed by atoms with Gasteiger partial charge in [-0.05, 0) is 97.5 Å². The molecule has 4 aliphatic rings. The first-order chi connectivity index (χ1) is 12.5. The summed E-state index contributed by atoms with van der Waals surface area (Å²) in [6, 6.07) is 4.42. The summed E-state index contributed by atoms with van der Waals surface area (Å²) in [5.41, 5.74) is 3.86. The van der Waals surface area contributed by atoms with Crippen molar-refractivity contribution >= 4 is 0 Å². The predicted molar refractivity (Wildman–Crippen MR) is 105 cm³/mol. The van der Waals surface area contributed by atoms with Gasteiger partial charge in [-0.2, -0.15) is 0 Å². The highest BCUT2D eigenvalue weighted by Crippen LogP contribution is 2.67. The molecule has 26 heavy (non-hydrogen) atoms. The van der Waals surface area contributed by atoms with Crippen molar-refractivity contribution in [3.63, 3.8) is 0 Å². The van der Waals surface area contributed by atoms with E-state index in [0.29, 0.717) is 16.7 Å². The normalized spacial score (nSPS) is 47.5. The van der Waals surface area contributed by atoms with Gasteiger partial charge in [-0.3, -0.25) is 4.98 Å². The van der Waals surface area contributed by atoms with Gasteiger partial charge < -0.3 is 5.11 Å². The third kappa shape index (κ3) is 2.30. The van der Waals surface area contributed by atoms with Crippen molar-refractivity contribution in [3.8, 4) is 0 Å². The average molecular weight is 352 g/mol. The average Bonchev–Trinajstić information content (AvgIpc) is 3.00. The molecule has 0 saturated heterocycles. The molecule has 1 heterocycles. The monoisotopic (exact) mass is 351 g/mol. The largest absolute Gasteiger partial charge is 0.393 e. The molecule has 0 amide bonds. The number of pyridine rings is 1. The van der Waals surface area contributed by atoms with E-state index < -0.39 is 0 Å². The number of hydrogen-bond acceptors (Lipinski definition) is 2. The van der Waals surface area contributed by atoms with E-state index in [1.807, 2.05) is 6.20 Å². The molecule has 1 unspecified atom stereocenters. The van der Waals surface area contributed by atoms with Crippen LogP contribution in [-0.2, 0) is 0 Å². The van der Waals surface area contributed by atoms with E-state index in [1.54, 1.807) is 5.57 Å². The summed E-state index contributed by atoms with van der Waals surface area (Å²) < 4.78 is 0. The number of rotatable bonds is 1. The van der Waals surface area contributed by atoms with Crippen LogP contribution in [0.15, 0.2) is 36.2 Å². The second-order valence-corrected chi connectivity index (χ2v) is 10.1. The number of aliphatic hydroxyl groups is 1. The van der Waals surface area contributed by atoms with Crippen molar-refractivity contribution in [1.29, 1.82) is 0 Å². The summed E-state index contributed by atoms with van der Waals surface area (Å²) >= 11 is 0. The highest BCUT2D eigenvalue weighted by Gasteiger charge is 2.58. The van der Waals surface area contributed by atoms with Crippen LogP contribution in [0.3, 0.4) is 0 Å². The Bertz CT molecular complexity index is 712. The van der Waals surface area contributed by atoms with Crippen LogP contribution >= 0.6 is 0 Å². The summed E-state index contributed by atoms with van der Waals surface area (Å²) in [5.74, 6) is 3.22. The Labute approximate surface area is 158 Å². The topological polar surface area (TPSA) is 33.1 Å². The SMILES string of the molecule is C[C@]12CC[C@H](O)CC1=CC[C@@H]1[C@@H]2CC[C@]2(C)C(c3cccnc3)CC[C@@H]12. The lowest BCUT2D eigenvalue weighted by Gasteiger charge is -2.58. The molecule has 3 saturated carbocycles. The van der Waals surface area contributed by atoms with Gasteiger partial charge in [0.15, 0.2) is 0 Å².